The van der Waals surface area contributed by atoms with E-state index in [4.69, 9.17) is 10.8 Å². The third-order valence-electron chi connectivity index (χ3n) is 6.61. The molecule has 0 saturated carbocycles. The van der Waals surface area contributed by atoms with Crippen LogP contribution in [0.5, 0.6) is 11.5 Å². The molecule has 4 bridgehead atoms. The molecule has 3 atom stereocenters. The maximum absolute atomic E-state index is 13.4. The Kier molecular flexibility index (Phi) is 10.6. The van der Waals surface area contributed by atoms with Crippen LogP contribution >= 0.6 is 0 Å². The van der Waals surface area contributed by atoms with E-state index in [0.29, 0.717) is 5.56 Å². The second-order valence-electron chi connectivity index (χ2n) is 9.70. The number of aliphatic hydroxyl groups excluding tert-OH is 1. The maximum Gasteiger partial charge on any atom is 0.326 e. The van der Waals surface area contributed by atoms with Gasteiger partial charge in [0.2, 0.25) is 29.5 Å². The van der Waals surface area contributed by atoms with E-state index in [2.05, 4.69) is 21.3 Å². The van der Waals surface area contributed by atoms with Gasteiger partial charge in [0.25, 0.3) is 0 Å². The molecule has 0 aromatic heterocycles. The number of benzene rings is 2. The van der Waals surface area contributed by atoms with Gasteiger partial charge < -0.3 is 52.3 Å². The zero-order valence-electron chi connectivity index (χ0n) is 23.0. The average Bonchev–Trinajstić information content (AvgIpc) is 2.98. The van der Waals surface area contributed by atoms with Gasteiger partial charge in [0, 0.05) is 24.6 Å². The number of aliphatic carboxylic acids is 1. The Balaban J connectivity index is 1.93. The fourth-order valence-corrected chi connectivity index (χ4v) is 4.25. The van der Waals surface area contributed by atoms with E-state index in [1.54, 1.807) is 0 Å². The summed E-state index contributed by atoms with van der Waals surface area (Å²) in [7, 11) is 1.26. The zero-order chi connectivity index (χ0) is 31.8. The van der Waals surface area contributed by atoms with Crippen LogP contribution in [0.15, 0.2) is 36.4 Å². The number of hydrogen-bond donors (Lipinski definition) is 9. The van der Waals surface area contributed by atoms with Crippen LogP contribution in [0.25, 0.3) is 11.1 Å². The van der Waals surface area contributed by atoms with Crippen molar-refractivity contribution in [3.05, 3.63) is 47.5 Å². The van der Waals surface area contributed by atoms with Crippen molar-refractivity contribution < 1.29 is 49.2 Å². The van der Waals surface area contributed by atoms with Gasteiger partial charge in [-0.3, -0.25) is 24.0 Å². The number of phenolic OH excluding ortho intramolecular Hbond substituents is 2. The molecule has 230 valence electrons. The van der Waals surface area contributed by atoms with E-state index in [1.165, 1.54) is 43.4 Å². The summed E-state index contributed by atoms with van der Waals surface area (Å²) in [5.74, 6) is -5.85. The number of aliphatic hydroxyl groups is 1. The number of hydrogen-bond acceptors (Lipinski definition) is 10. The van der Waals surface area contributed by atoms with Crippen LogP contribution in [0.2, 0.25) is 0 Å². The monoisotopic (exact) mass is 600 g/mol. The molecule has 1 heterocycles. The van der Waals surface area contributed by atoms with Gasteiger partial charge in [0.1, 0.15) is 29.6 Å². The first-order valence-electron chi connectivity index (χ1n) is 12.9. The van der Waals surface area contributed by atoms with Crippen molar-refractivity contribution in [1.29, 1.82) is 0 Å². The highest BCUT2D eigenvalue weighted by Crippen LogP contribution is 2.38. The predicted molar refractivity (Wildman–Crippen MR) is 148 cm³/mol. The second kappa shape index (κ2) is 14.1. The lowest BCUT2D eigenvalue weighted by molar-refractivity contribution is -0.142. The Morgan fingerprint density at radius 1 is 1.02 bits per heavy atom. The molecule has 10 N–H and O–H groups in total. The number of carbonyl (C=O) groups excluding carboxylic acids is 5. The number of aromatic hydroxyl groups is 2. The van der Waals surface area contributed by atoms with E-state index in [0.717, 1.165) is 4.90 Å². The molecule has 0 radical (unpaired) electrons. The number of carboxylic acid groups (broad SMARTS) is 1. The molecule has 3 rings (SSSR count). The molecule has 16 nitrogen and oxygen atoms in total. The van der Waals surface area contributed by atoms with Crippen molar-refractivity contribution in [2.45, 2.75) is 24.5 Å². The van der Waals surface area contributed by atoms with Gasteiger partial charge in [-0.15, -0.1) is 0 Å². The quantitative estimate of drug-likeness (QED) is 0.148. The topological polar surface area (TPSA) is 261 Å². The van der Waals surface area contributed by atoms with E-state index < -0.39 is 79.9 Å². The van der Waals surface area contributed by atoms with E-state index in [1.807, 2.05) is 0 Å². The van der Waals surface area contributed by atoms with E-state index >= 15 is 0 Å². The molecule has 43 heavy (non-hydrogen) atoms. The fourth-order valence-electron chi connectivity index (χ4n) is 4.25. The Hall–Kier alpha value is -5.22. The number of nitrogens with one attached hydrogen (secondary N) is 4. The summed E-state index contributed by atoms with van der Waals surface area (Å²) in [6, 6.07) is 4.14. The molecule has 0 spiro atoms. The summed E-state index contributed by atoms with van der Waals surface area (Å²) >= 11 is 0. The highest BCUT2D eigenvalue weighted by molar-refractivity contribution is 5.94. The minimum Gasteiger partial charge on any atom is -0.507 e. The van der Waals surface area contributed by atoms with Crippen LogP contribution in [-0.2, 0) is 35.2 Å². The summed E-state index contributed by atoms with van der Waals surface area (Å²) in [5.41, 5.74) is 6.13. The number of phenols is 2. The Labute approximate surface area is 244 Å². The largest absolute Gasteiger partial charge is 0.507 e. The van der Waals surface area contributed by atoms with Crippen LogP contribution < -0.4 is 27.0 Å². The number of rotatable bonds is 8. The Morgan fingerprint density at radius 2 is 1.67 bits per heavy atom. The smallest absolute Gasteiger partial charge is 0.326 e. The first-order valence-corrected chi connectivity index (χ1v) is 12.9. The van der Waals surface area contributed by atoms with Crippen molar-refractivity contribution >= 4 is 35.5 Å². The Bertz CT molecular complexity index is 1430. The minimum atomic E-state index is -1.41. The van der Waals surface area contributed by atoms with Crippen molar-refractivity contribution in [3.8, 4) is 22.6 Å². The van der Waals surface area contributed by atoms with Gasteiger partial charge in [-0.1, -0.05) is 12.1 Å². The second-order valence-corrected chi connectivity index (χ2v) is 9.70. The lowest BCUT2D eigenvalue weighted by Crippen LogP contribution is -2.50. The average molecular weight is 601 g/mol. The number of carbonyl (C=O) groups is 6. The summed E-state index contributed by atoms with van der Waals surface area (Å²) in [4.78, 5) is 75.5. The number of fused-ring (bicyclic) bond motifs is 5. The normalized spacial score (nSPS) is 17.4. The van der Waals surface area contributed by atoms with E-state index in [-0.39, 0.29) is 34.6 Å². The highest BCUT2D eigenvalue weighted by atomic mass is 16.4. The summed E-state index contributed by atoms with van der Waals surface area (Å²) in [6.07, 6.45) is -0.160. The minimum absolute atomic E-state index is 0.0774. The third-order valence-corrected chi connectivity index (χ3v) is 6.61. The van der Waals surface area contributed by atoms with E-state index in [9.17, 15) is 44.1 Å². The number of nitrogens with zero attached hydrogens (tertiary/aromatic N) is 1. The standard InChI is InChI=1S/C27H32N6O10/c1-33(23(39)11-29-21(37)9-30-25(40)17(28)12-34)24-14-3-5-20(36)16(8-14)15-6-13(2-4-19(15)35)7-18(27(42)43)32-22(38)10-31-26(24)41/h2-6,8,17-18,24,34-36H,7,9-12,28H2,1H3,(H,29,37)(H,30,40)(H,31,41)(H,32,38)(H,42,43)/t17-,18+,24?/m1/s1. The molecule has 0 aliphatic carbocycles. The number of nitrogens with two attached hydrogens (primary N) is 1. The summed E-state index contributed by atoms with van der Waals surface area (Å²) in [6.45, 7) is -2.40. The zero-order valence-corrected chi connectivity index (χ0v) is 23.0. The van der Waals surface area contributed by atoms with Crippen LogP contribution in [-0.4, -0.2) is 106 Å². The van der Waals surface area contributed by atoms with Crippen molar-refractivity contribution in [2.24, 2.45) is 5.73 Å². The van der Waals surface area contributed by atoms with Gasteiger partial charge in [0.05, 0.1) is 26.2 Å². The molecule has 2 aromatic rings. The van der Waals surface area contributed by atoms with Crippen LogP contribution in [0.4, 0.5) is 0 Å². The third kappa shape index (κ3) is 8.17. The van der Waals surface area contributed by atoms with Crippen LogP contribution in [0.1, 0.15) is 17.2 Å². The molecule has 16 heteroatoms. The SMILES string of the molecule is CN(C(=O)CNC(=O)CNC(=O)[C@H](N)CO)C1C(=O)NCC(=O)N[C@H](C(=O)O)Cc2ccc(O)c(c2)-c2cc1ccc2O. The van der Waals surface area contributed by atoms with Crippen LogP contribution in [0, 0.1) is 0 Å². The Morgan fingerprint density at radius 3 is 2.33 bits per heavy atom. The fraction of sp³-hybridized carbons (Fsp3) is 0.333. The lowest BCUT2D eigenvalue weighted by atomic mass is 9.94. The summed E-state index contributed by atoms with van der Waals surface area (Å²) in [5, 5.41) is 48.9. The predicted octanol–water partition coefficient (Wildman–Crippen LogP) is -2.94. The molecule has 5 amide bonds. The molecule has 2 aromatic carbocycles. The first kappa shape index (κ1) is 32.3. The number of carboxylic acids is 1. The number of likely N-dealkylation sites (N-methyl/N-ethyl adjacent to an activating group) is 1. The lowest BCUT2D eigenvalue weighted by Gasteiger charge is -2.28. The molecular formula is C27H32N6O10. The molecule has 1 unspecified atom stereocenters. The molecular weight excluding hydrogens is 568 g/mol. The molecule has 0 fully saturated rings. The van der Waals surface area contributed by atoms with Crippen LogP contribution in [0.3, 0.4) is 0 Å². The molecule has 1 aliphatic rings. The van der Waals surface area contributed by atoms with Crippen molar-refractivity contribution in [2.75, 3.05) is 33.3 Å². The molecule has 0 saturated heterocycles. The van der Waals surface area contributed by atoms with Crippen molar-refractivity contribution in [1.82, 2.24) is 26.2 Å². The van der Waals surface area contributed by atoms with Gasteiger partial charge in [-0.25, -0.2) is 4.79 Å². The number of amides is 5. The van der Waals surface area contributed by atoms with Gasteiger partial charge in [-0.05, 0) is 35.4 Å². The van der Waals surface area contributed by atoms with Gasteiger partial charge >= 0.3 is 5.97 Å². The summed E-state index contributed by atoms with van der Waals surface area (Å²) < 4.78 is 0. The van der Waals surface area contributed by atoms with Gasteiger partial charge in [-0.2, -0.15) is 0 Å². The van der Waals surface area contributed by atoms with Gasteiger partial charge in [0.15, 0.2) is 0 Å². The van der Waals surface area contributed by atoms with Crippen molar-refractivity contribution in [3.63, 3.8) is 0 Å². The molecule has 1 aliphatic heterocycles. The first-order chi connectivity index (χ1) is 20.3. The maximum atomic E-state index is 13.4. The highest BCUT2D eigenvalue weighted by Gasteiger charge is 2.31.